The Balaban J connectivity index is 2.17. The summed E-state index contributed by atoms with van der Waals surface area (Å²) in [5.74, 6) is 0.420. The molecule has 0 atom stereocenters. The number of thiocarbonyl (C=S) groups is 1. The summed E-state index contributed by atoms with van der Waals surface area (Å²) in [5, 5.41) is 7.99. The summed E-state index contributed by atoms with van der Waals surface area (Å²) in [6, 6.07) is 9.00. The monoisotopic (exact) mass is 252 g/mol. The lowest BCUT2D eigenvalue weighted by atomic mass is 10.3. The first-order valence-electron chi connectivity index (χ1n) is 4.54. The van der Waals surface area contributed by atoms with Gasteiger partial charge in [-0.25, -0.2) is 4.68 Å². The van der Waals surface area contributed by atoms with E-state index in [2.05, 4.69) is 10.4 Å². The molecule has 6 heteroatoms. The minimum atomic E-state index is 0.420. The number of nitrogens with zero attached hydrogens (tertiary/aromatic N) is 2. The maximum atomic E-state index is 5.98. The molecule has 0 amide bonds. The van der Waals surface area contributed by atoms with E-state index in [1.54, 1.807) is 18.3 Å². The van der Waals surface area contributed by atoms with Gasteiger partial charge in [0.15, 0.2) is 5.11 Å². The second kappa shape index (κ2) is 4.51. The van der Waals surface area contributed by atoms with E-state index >= 15 is 0 Å². The predicted octanol–water partition coefficient (Wildman–Crippen LogP) is 2.36. The van der Waals surface area contributed by atoms with Crippen LogP contribution in [0.5, 0.6) is 0 Å². The average Bonchev–Trinajstić information content (AvgIpc) is 2.68. The summed E-state index contributed by atoms with van der Waals surface area (Å²) in [6.45, 7) is 0. The lowest BCUT2D eigenvalue weighted by Gasteiger charge is -2.08. The number of halogens is 1. The van der Waals surface area contributed by atoms with Crippen LogP contribution < -0.4 is 11.1 Å². The third-order valence-electron chi connectivity index (χ3n) is 1.93. The fourth-order valence-electron chi connectivity index (χ4n) is 1.19. The van der Waals surface area contributed by atoms with Crippen molar-refractivity contribution in [3.8, 4) is 0 Å². The molecule has 0 bridgehead atoms. The van der Waals surface area contributed by atoms with Gasteiger partial charge in [0, 0.05) is 12.3 Å². The van der Waals surface area contributed by atoms with E-state index in [0.717, 1.165) is 5.69 Å². The van der Waals surface area contributed by atoms with E-state index in [1.165, 1.54) is 4.68 Å². The van der Waals surface area contributed by atoms with Crippen LogP contribution >= 0.6 is 23.8 Å². The number of anilines is 2. The van der Waals surface area contributed by atoms with Gasteiger partial charge >= 0.3 is 0 Å². The summed E-state index contributed by atoms with van der Waals surface area (Å²) in [4.78, 5) is 0. The highest BCUT2D eigenvalue weighted by Crippen LogP contribution is 2.20. The molecule has 0 spiro atoms. The Bertz CT molecular complexity index is 523. The molecule has 16 heavy (non-hydrogen) atoms. The first-order chi connectivity index (χ1) is 7.66. The molecule has 1 heterocycles. The zero-order valence-corrected chi connectivity index (χ0v) is 9.79. The van der Waals surface area contributed by atoms with Crippen molar-refractivity contribution < 1.29 is 0 Å². The van der Waals surface area contributed by atoms with E-state index in [-0.39, 0.29) is 0 Å². The summed E-state index contributed by atoms with van der Waals surface area (Å²) >= 11 is 11.1. The predicted molar refractivity (Wildman–Crippen MR) is 69.7 cm³/mol. The Hall–Kier alpha value is -1.59. The van der Waals surface area contributed by atoms with E-state index in [1.807, 2.05) is 18.2 Å². The fraction of sp³-hybridized carbons (Fsp3) is 0. The minimum Gasteiger partial charge on any atom is -0.382 e. The molecule has 1 aromatic carbocycles. The molecule has 3 N–H and O–H groups in total. The van der Waals surface area contributed by atoms with Gasteiger partial charge in [0.2, 0.25) is 0 Å². The fourth-order valence-corrected chi connectivity index (χ4v) is 1.58. The maximum Gasteiger partial charge on any atom is 0.198 e. The van der Waals surface area contributed by atoms with Crippen LogP contribution in [0, 0.1) is 0 Å². The number of para-hydroxylation sites is 1. The summed E-state index contributed by atoms with van der Waals surface area (Å²) in [6.07, 6.45) is 1.68. The summed E-state index contributed by atoms with van der Waals surface area (Å²) in [7, 11) is 0. The number of hydrogen-bond donors (Lipinski definition) is 2. The van der Waals surface area contributed by atoms with Crippen molar-refractivity contribution in [2.75, 3.05) is 11.1 Å². The topological polar surface area (TPSA) is 55.9 Å². The van der Waals surface area contributed by atoms with Crippen LogP contribution in [-0.2, 0) is 0 Å². The molecule has 0 saturated heterocycles. The molecular weight excluding hydrogens is 244 g/mol. The standard InChI is InChI=1S/C10H9ClN4S/c11-7-3-1-2-4-8(7)13-10(16)15-6-5-9(12)14-15/h1-6H,(H2,12,14)(H,13,16). The molecule has 0 saturated carbocycles. The average molecular weight is 253 g/mol. The zero-order valence-electron chi connectivity index (χ0n) is 8.22. The largest absolute Gasteiger partial charge is 0.382 e. The molecule has 0 aliphatic carbocycles. The molecule has 82 valence electrons. The molecule has 0 fully saturated rings. The Morgan fingerprint density at radius 1 is 1.38 bits per heavy atom. The van der Waals surface area contributed by atoms with Crippen LogP contribution in [0.2, 0.25) is 5.02 Å². The van der Waals surface area contributed by atoms with E-state index in [9.17, 15) is 0 Å². The van der Waals surface area contributed by atoms with Crippen LogP contribution in [0.25, 0.3) is 0 Å². The number of benzene rings is 1. The van der Waals surface area contributed by atoms with Gasteiger partial charge in [-0.1, -0.05) is 23.7 Å². The highest BCUT2D eigenvalue weighted by atomic mass is 35.5. The normalized spacial score (nSPS) is 10.1. The third kappa shape index (κ3) is 2.32. The lowest BCUT2D eigenvalue weighted by Crippen LogP contribution is -2.19. The molecule has 0 unspecified atom stereocenters. The second-order valence-electron chi connectivity index (χ2n) is 3.10. The number of aromatic nitrogens is 2. The first-order valence-corrected chi connectivity index (χ1v) is 5.32. The number of nitrogens with two attached hydrogens (primary N) is 1. The number of nitrogens with one attached hydrogen (secondary N) is 1. The quantitative estimate of drug-likeness (QED) is 0.765. The van der Waals surface area contributed by atoms with Gasteiger partial charge in [-0.2, -0.15) is 0 Å². The SMILES string of the molecule is Nc1ccn(C(=S)Nc2ccccc2Cl)n1. The Labute approximate surface area is 103 Å². The second-order valence-corrected chi connectivity index (χ2v) is 3.89. The molecule has 1 aromatic heterocycles. The molecule has 0 radical (unpaired) electrons. The number of rotatable bonds is 1. The van der Waals surface area contributed by atoms with Crippen LogP contribution in [-0.4, -0.2) is 14.9 Å². The molecule has 0 aliphatic heterocycles. The van der Waals surface area contributed by atoms with Gasteiger partial charge < -0.3 is 11.1 Å². The van der Waals surface area contributed by atoms with Gasteiger partial charge in [-0.15, -0.1) is 5.10 Å². The van der Waals surface area contributed by atoms with Crippen LogP contribution in [0.1, 0.15) is 0 Å². The van der Waals surface area contributed by atoms with Crippen molar-refractivity contribution in [2.24, 2.45) is 0 Å². The van der Waals surface area contributed by atoms with Gasteiger partial charge in [0.25, 0.3) is 0 Å². The molecule has 2 rings (SSSR count). The van der Waals surface area contributed by atoms with Crippen molar-refractivity contribution in [3.63, 3.8) is 0 Å². The number of hydrogen-bond acceptors (Lipinski definition) is 3. The first kappa shape index (κ1) is 10.9. The van der Waals surface area contributed by atoms with Crippen LogP contribution in [0.4, 0.5) is 11.5 Å². The van der Waals surface area contributed by atoms with Gasteiger partial charge in [0.1, 0.15) is 5.82 Å². The Morgan fingerprint density at radius 3 is 2.75 bits per heavy atom. The lowest BCUT2D eigenvalue weighted by molar-refractivity contribution is 0.953. The zero-order chi connectivity index (χ0) is 11.5. The van der Waals surface area contributed by atoms with E-state index in [4.69, 9.17) is 29.6 Å². The van der Waals surface area contributed by atoms with Crippen LogP contribution in [0.3, 0.4) is 0 Å². The minimum absolute atomic E-state index is 0.420. The molecular formula is C10H9ClN4S. The molecule has 4 nitrogen and oxygen atoms in total. The van der Waals surface area contributed by atoms with Gasteiger partial charge in [0.05, 0.1) is 10.7 Å². The molecule has 2 aromatic rings. The van der Waals surface area contributed by atoms with Crippen molar-refractivity contribution in [1.29, 1.82) is 0 Å². The smallest absolute Gasteiger partial charge is 0.198 e. The highest BCUT2D eigenvalue weighted by molar-refractivity contribution is 7.80. The van der Waals surface area contributed by atoms with E-state index < -0.39 is 0 Å². The van der Waals surface area contributed by atoms with Gasteiger partial charge in [-0.3, -0.25) is 0 Å². The number of nitrogen functional groups attached to an aromatic ring is 1. The van der Waals surface area contributed by atoms with Crippen molar-refractivity contribution in [1.82, 2.24) is 9.78 Å². The highest BCUT2D eigenvalue weighted by Gasteiger charge is 2.04. The summed E-state index contributed by atoms with van der Waals surface area (Å²) < 4.78 is 1.48. The summed E-state index contributed by atoms with van der Waals surface area (Å²) in [5.41, 5.74) is 6.23. The maximum absolute atomic E-state index is 5.98. The Morgan fingerprint density at radius 2 is 2.12 bits per heavy atom. The van der Waals surface area contributed by atoms with Crippen molar-refractivity contribution >= 4 is 40.4 Å². The van der Waals surface area contributed by atoms with Crippen molar-refractivity contribution in [2.45, 2.75) is 0 Å². The van der Waals surface area contributed by atoms with E-state index in [0.29, 0.717) is 16.0 Å². The third-order valence-corrected chi connectivity index (χ3v) is 2.55. The Kier molecular flexibility index (Phi) is 3.07. The molecule has 0 aliphatic rings. The van der Waals surface area contributed by atoms with Gasteiger partial charge in [-0.05, 0) is 24.4 Å². The van der Waals surface area contributed by atoms with Crippen molar-refractivity contribution in [3.05, 3.63) is 41.6 Å². The van der Waals surface area contributed by atoms with Crippen LogP contribution in [0.15, 0.2) is 36.5 Å².